The van der Waals surface area contributed by atoms with Gasteiger partial charge in [0.25, 0.3) is 11.9 Å². The highest BCUT2D eigenvalue weighted by Crippen LogP contribution is 2.28. The number of hydrogen-bond donors (Lipinski definition) is 1. The van der Waals surface area contributed by atoms with Gasteiger partial charge in [0.1, 0.15) is 6.61 Å². The molecule has 8 heteroatoms. The molecule has 0 saturated heterocycles. The van der Waals surface area contributed by atoms with Crippen molar-refractivity contribution in [3.63, 3.8) is 0 Å². The molecule has 2 aromatic carbocycles. The van der Waals surface area contributed by atoms with E-state index in [4.69, 9.17) is 9.72 Å². The Kier molecular flexibility index (Phi) is 7.89. The molecule has 0 unspecified atom stereocenters. The summed E-state index contributed by atoms with van der Waals surface area (Å²) >= 11 is 2.30. The van der Waals surface area contributed by atoms with E-state index < -0.39 is 5.95 Å². The highest BCUT2D eigenvalue weighted by Gasteiger charge is 2.15. The van der Waals surface area contributed by atoms with Gasteiger partial charge < -0.3 is 10.1 Å². The molecule has 176 valence electrons. The Morgan fingerprint density at radius 3 is 2.79 bits per heavy atom. The zero-order valence-electron chi connectivity index (χ0n) is 19.1. The summed E-state index contributed by atoms with van der Waals surface area (Å²) in [4.78, 5) is 23.6. The average molecular weight is 572 g/mol. The topological polar surface area (TPSA) is 67.4 Å². The van der Waals surface area contributed by atoms with Gasteiger partial charge in [0.15, 0.2) is 5.75 Å². The van der Waals surface area contributed by atoms with Crippen LogP contribution in [0.3, 0.4) is 0 Å². The molecule has 1 amide bonds. The number of hydrogen-bond acceptors (Lipinski definition) is 5. The van der Waals surface area contributed by atoms with Crippen molar-refractivity contribution in [2.24, 2.45) is 0 Å². The third kappa shape index (κ3) is 5.44. The molecule has 34 heavy (non-hydrogen) atoms. The van der Waals surface area contributed by atoms with E-state index in [2.05, 4.69) is 50.8 Å². The molecule has 0 fully saturated rings. The summed E-state index contributed by atoms with van der Waals surface area (Å²) in [6.07, 6.45) is 1.39. The van der Waals surface area contributed by atoms with Gasteiger partial charge in [-0.3, -0.25) is 9.69 Å². The molecule has 2 heterocycles. The molecule has 0 spiro atoms. The van der Waals surface area contributed by atoms with Crippen molar-refractivity contribution in [3.8, 4) is 5.75 Å². The SMILES string of the molecule is CCN(CCNC(=O)c1cccc2c(C)c3cc(I)ccc3nc12)CCOc1cccnc1F. The van der Waals surface area contributed by atoms with Crippen molar-refractivity contribution in [2.45, 2.75) is 13.8 Å². The highest BCUT2D eigenvalue weighted by molar-refractivity contribution is 14.1. The van der Waals surface area contributed by atoms with Gasteiger partial charge in [-0.1, -0.05) is 19.1 Å². The number of aryl methyl sites for hydroxylation is 1. The molecule has 4 aromatic rings. The van der Waals surface area contributed by atoms with Crippen molar-refractivity contribution in [2.75, 3.05) is 32.8 Å². The number of fused-ring (bicyclic) bond motifs is 2. The summed E-state index contributed by atoms with van der Waals surface area (Å²) in [6, 6.07) is 15.1. The minimum atomic E-state index is -0.612. The quantitative estimate of drug-likeness (QED) is 0.175. The maximum atomic E-state index is 13.6. The van der Waals surface area contributed by atoms with Crippen LogP contribution in [-0.4, -0.2) is 53.6 Å². The van der Waals surface area contributed by atoms with Gasteiger partial charge in [0, 0.05) is 40.2 Å². The molecule has 0 radical (unpaired) electrons. The molecule has 2 aromatic heterocycles. The van der Waals surface area contributed by atoms with Crippen molar-refractivity contribution < 1.29 is 13.9 Å². The highest BCUT2D eigenvalue weighted by atomic mass is 127. The van der Waals surface area contributed by atoms with Gasteiger partial charge in [-0.05, 0) is 78.0 Å². The number of rotatable bonds is 9. The van der Waals surface area contributed by atoms with Crippen LogP contribution in [0.1, 0.15) is 22.8 Å². The Hall–Kier alpha value is -2.85. The largest absolute Gasteiger partial charge is 0.487 e. The number of benzene rings is 2. The molecule has 0 bridgehead atoms. The molecule has 0 atom stereocenters. The van der Waals surface area contributed by atoms with Gasteiger partial charge in [-0.2, -0.15) is 4.39 Å². The van der Waals surface area contributed by atoms with E-state index >= 15 is 0 Å². The molecule has 0 aliphatic carbocycles. The lowest BCUT2D eigenvalue weighted by atomic mass is 10.0. The normalized spacial score (nSPS) is 11.3. The number of carbonyl (C=O) groups is 1. The Labute approximate surface area is 211 Å². The number of ether oxygens (including phenoxy) is 1. The van der Waals surface area contributed by atoms with Crippen LogP contribution in [0.2, 0.25) is 0 Å². The number of nitrogens with one attached hydrogen (secondary N) is 1. The van der Waals surface area contributed by atoms with E-state index in [1.165, 1.54) is 6.20 Å². The first-order valence-electron chi connectivity index (χ1n) is 11.2. The first-order valence-corrected chi connectivity index (χ1v) is 12.3. The third-order valence-corrected chi connectivity index (χ3v) is 6.50. The minimum absolute atomic E-state index is 0.146. The zero-order valence-corrected chi connectivity index (χ0v) is 21.3. The van der Waals surface area contributed by atoms with Crippen molar-refractivity contribution in [3.05, 3.63) is 75.4 Å². The van der Waals surface area contributed by atoms with Crippen LogP contribution in [0.25, 0.3) is 21.8 Å². The monoisotopic (exact) mass is 572 g/mol. The lowest BCUT2D eigenvalue weighted by molar-refractivity contribution is 0.0949. The lowest BCUT2D eigenvalue weighted by Crippen LogP contribution is -2.37. The Morgan fingerprint density at radius 2 is 2.00 bits per heavy atom. The summed E-state index contributed by atoms with van der Waals surface area (Å²) < 4.78 is 20.2. The molecule has 1 N–H and O–H groups in total. The van der Waals surface area contributed by atoms with Crippen LogP contribution < -0.4 is 10.1 Å². The van der Waals surface area contributed by atoms with Crippen molar-refractivity contribution >= 4 is 50.3 Å². The van der Waals surface area contributed by atoms with Gasteiger partial charge in [-0.25, -0.2) is 9.97 Å². The van der Waals surface area contributed by atoms with Crippen LogP contribution in [0, 0.1) is 16.4 Å². The molecular weight excluding hydrogens is 546 g/mol. The van der Waals surface area contributed by atoms with Crippen molar-refractivity contribution in [1.82, 2.24) is 20.2 Å². The molecule has 4 rings (SSSR count). The summed E-state index contributed by atoms with van der Waals surface area (Å²) in [6.45, 7) is 6.98. The summed E-state index contributed by atoms with van der Waals surface area (Å²) in [5.74, 6) is -0.612. The molecule has 0 saturated carbocycles. The first-order chi connectivity index (χ1) is 16.5. The maximum absolute atomic E-state index is 13.6. The fourth-order valence-corrected chi connectivity index (χ4v) is 4.43. The first kappa shape index (κ1) is 24.3. The van der Waals surface area contributed by atoms with E-state index in [0.29, 0.717) is 37.3 Å². The number of likely N-dealkylation sites (N-methyl/N-ethyl adjacent to an activating group) is 1. The summed E-state index contributed by atoms with van der Waals surface area (Å²) in [5, 5.41) is 5.10. The minimum Gasteiger partial charge on any atom is -0.487 e. The Balaban J connectivity index is 1.39. The van der Waals surface area contributed by atoms with Crippen LogP contribution in [0.5, 0.6) is 5.75 Å². The Bertz CT molecular complexity index is 1330. The molecule has 0 aliphatic rings. The number of para-hydroxylation sites is 1. The lowest BCUT2D eigenvalue weighted by Gasteiger charge is -2.20. The fourth-order valence-electron chi connectivity index (χ4n) is 3.94. The van der Waals surface area contributed by atoms with E-state index in [1.54, 1.807) is 12.1 Å². The summed E-state index contributed by atoms with van der Waals surface area (Å²) in [7, 11) is 0. The Morgan fingerprint density at radius 1 is 1.15 bits per heavy atom. The molecule has 6 nitrogen and oxygen atoms in total. The van der Waals surface area contributed by atoms with Crippen molar-refractivity contribution in [1.29, 1.82) is 0 Å². The van der Waals surface area contributed by atoms with Gasteiger partial charge in [0.2, 0.25) is 0 Å². The standard InChI is InChI=1S/C26H26FIN4O2/c1-3-32(14-15-34-23-8-5-11-29-25(23)27)13-12-30-26(33)20-7-4-6-19-17(2)21-16-18(28)9-10-22(21)31-24(19)20/h4-11,16H,3,12-15H2,1-2H3,(H,30,33). The van der Waals surface area contributed by atoms with Crippen LogP contribution in [0.4, 0.5) is 4.39 Å². The number of pyridine rings is 2. The second-order valence-corrected chi connectivity index (χ2v) is 9.18. The second kappa shape index (κ2) is 11.1. The van der Waals surface area contributed by atoms with E-state index in [1.807, 2.05) is 37.3 Å². The smallest absolute Gasteiger partial charge is 0.255 e. The number of nitrogens with zero attached hydrogens (tertiary/aromatic N) is 3. The predicted octanol–water partition coefficient (Wildman–Crippen LogP) is 4.97. The summed E-state index contributed by atoms with van der Waals surface area (Å²) in [5.41, 5.74) is 3.29. The van der Waals surface area contributed by atoms with Gasteiger partial charge in [-0.15, -0.1) is 0 Å². The third-order valence-electron chi connectivity index (χ3n) is 5.83. The number of halogens is 2. The molecular formula is C26H26FIN4O2. The van der Waals surface area contributed by atoms with E-state index in [9.17, 15) is 9.18 Å². The van der Waals surface area contributed by atoms with Crippen LogP contribution in [0.15, 0.2) is 54.7 Å². The van der Waals surface area contributed by atoms with Gasteiger partial charge in [0.05, 0.1) is 16.6 Å². The number of amides is 1. The average Bonchev–Trinajstić information content (AvgIpc) is 2.84. The number of aromatic nitrogens is 2. The van der Waals surface area contributed by atoms with Crippen LogP contribution >= 0.6 is 22.6 Å². The van der Waals surface area contributed by atoms with Gasteiger partial charge >= 0.3 is 0 Å². The van der Waals surface area contributed by atoms with E-state index in [-0.39, 0.29) is 11.7 Å². The molecule has 0 aliphatic heterocycles. The van der Waals surface area contributed by atoms with E-state index in [0.717, 1.165) is 32.0 Å². The second-order valence-electron chi connectivity index (χ2n) is 7.93. The zero-order chi connectivity index (χ0) is 24.1. The number of carbonyl (C=O) groups excluding carboxylic acids is 1. The van der Waals surface area contributed by atoms with Crippen LogP contribution in [-0.2, 0) is 0 Å². The maximum Gasteiger partial charge on any atom is 0.255 e. The predicted molar refractivity (Wildman–Crippen MR) is 141 cm³/mol. The fraction of sp³-hybridized carbons (Fsp3) is 0.269.